The normalized spacial score (nSPS) is 10.0. The molecule has 1 aromatic heterocycles. The largest absolute Gasteiger partial charge is 0.497 e. The molecule has 2 aromatic rings. The van der Waals surface area contributed by atoms with Crippen LogP contribution < -0.4 is 20.1 Å². The first kappa shape index (κ1) is 14.2. The molecule has 6 nitrogen and oxygen atoms in total. The summed E-state index contributed by atoms with van der Waals surface area (Å²) in [4.78, 5) is 8.37. The molecule has 1 heterocycles. The molecule has 0 bridgehead atoms. The van der Waals surface area contributed by atoms with Crippen molar-refractivity contribution in [3.63, 3.8) is 0 Å². The number of rotatable bonds is 5. The van der Waals surface area contributed by atoms with Crippen LogP contribution in [-0.2, 0) is 0 Å². The van der Waals surface area contributed by atoms with Gasteiger partial charge in [-0.3, -0.25) is 0 Å². The molecule has 0 saturated carbocycles. The van der Waals surface area contributed by atoms with Gasteiger partial charge in [0, 0.05) is 30.9 Å². The Morgan fingerprint density at radius 3 is 2.30 bits per heavy atom. The quantitative estimate of drug-likeness (QED) is 0.884. The van der Waals surface area contributed by atoms with Gasteiger partial charge < -0.3 is 20.1 Å². The molecule has 0 aliphatic rings. The van der Waals surface area contributed by atoms with Crippen molar-refractivity contribution in [3.8, 4) is 11.5 Å². The van der Waals surface area contributed by atoms with Crippen LogP contribution in [0.2, 0.25) is 5.02 Å². The highest BCUT2D eigenvalue weighted by atomic mass is 35.5. The first-order chi connectivity index (χ1) is 9.66. The first-order valence-electron chi connectivity index (χ1n) is 5.86. The van der Waals surface area contributed by atoms with Gasteiger partial charge in [-0.05, 0) is 0 Å². The van der Waals surface area contributed by atoms with E-state index in [-0.39, 0.29) is 0 Å². The fourth-order valence-corrected chi connectivity index (χ4v) is 1.80. The van der Waals surface area contributed by atoms with E-state index in [0.717, 1.165) is 5.69 Å². The highest BCUT2D eigenvalue weighted by Gasteiger charge is 2.06. The summed E-state index contributed by atoms with van der Waals surface area (Å²) >= 11 is 5.94. The monoisotopic (exact) mass is 294 g/mol. The summed E-state index contributed by atoms with van der Waals surface area (Å²) in [6.45, 7) is 0. The zero-order valence-corrected chi connectivity index (χ0v) is 12.2. The highest BCUT2D eigenvalue weighted by molar-refractivity contribution is 6.32. The summed E-state index contributed by atoms with van der Waals surface area (Å²) in [7, 11) is 4.93. The summed E-state index contributed by atoms with van der Waals surface area (Å²) in [5, 5.41) is 6.43. The Labute approximate surface area is 122 Å². The van der Waals surface area contributed by atoms with E-state index in [2.05, 4.69) is 20.6 Å². The number of hydrogen-bond acceptors (Lipinski definition) is 6. The molecule has 0 fully saturated rings. The van der Waals surface area contributed by atoms with E-state index < -0.39 is 0 Å². The number of hydrogen-bond donors (Lipinski definition) is 2. The molecule has 0 aliphatic carbocycles. The minimum absolute atomic E-state index is 0.425. The van der Waals surface area contributed by atoms with Crippen molar-refractivity contribution >= 4 is 29.1 Å². The van der Waals surface area contributed by atoms with E-state index >= 15 is 0 Å². The van der Waals surface area contributed by atoms with Gasteiger partial charge in [0.15, 0.2) is 0 Å². The topological polar surface area (TPSA) is 68.3 Å². The van der Waals surface area contributed by atoms with Crippen molar-refractivity contribution < 1.29 is 9.47 Å². The molecule has 0 aliphatic heterocycles. The second-order valence-corrected chi connectivity index (χ2v) is 4.27. The van der Waals surface area contributed by atoms with Crippen LogP contribution in [-0.4, -0.2) is 31.2 Å². The van der Waals surface area contributed by atoms with Crippen molar-refractivity contribution in [1.82, 2.24) is 9.97 Å². The summed E-state index contributed by atoms with van der Waals surface area (Å²) in [6, 6.07) is 5.42. The first-order valence-corrected chi connectivity index (χ1v) is 6.24. The predicted octanol–water partition coefficient (Wildman–Crippen LogP) is 2.93. The SMILES string of the molecule is CNc1nc(Nc2cc(OC)cc(OC)c2)ncc1Cl. The second kappa shape index (κ2) is 6.29. The maximum absolute atomic E-state index is 5.94. The smallest absolute Gasteiger partial charge is 0.229 e. The number of methoxy groups -OCH3 is 2. The third-order valence-electron chi connectivity index (χ3n) is 2.59. The molecule has 2 rings (SSSR count). The van der Waals surface area contributed by atoms with Gasteiger partial charge in [0.05, 0.1) is 20.4 Å². The van der Waals surface area contributed by atoms with Crippen molar-refractivity contribution in [3.05, 3.63) is 29.4 Å². The molecule has 0 unspecified atom stereocenters. The number of nitrogens with one attached hydrogen (secondary N) is 2. The molecule has 0 radical (unpaired) electrons. The number of halogens is 1. The van der Waals surface area contributed by atoms with Crippen LogP contribution in [0.15, 0.2) is 24.4 Å². The van der Waals surface area contributed by atoms with Crippen molar-refractivity contribution in [2.75, 3.05) is 31.9 Å². The molecule has 7 heteroatoms. The molecule has 0 saturated heterocycles. The zero-order chi connectivity index (χ0) is 14.5. The number of nitrogens with zero attached hydrogens (tertiary/aromatic N) is 2. The van der Waals surface area contributed by atoms with Crippen LogP contribution in [0.4, 0.5) is 17.5 Å². The van der Waals surface area contributed by atoms with Crippen LogP contribution in [0.3, 0.4) is 0 Å². The minimum atomic E-state index is 0.425. The zero-order valence-electron chi connectivity index (χ0n) is 11.4. The van der Waals surface area contributed by atoms with E-state index in [9.17, 15) is 0 Å². The molecule has 2 N–H and O–H groups in total. The highest BCUT2D eigenvalue weighted by Crippen LogP contribution is 2.28. The van der Waals surface area contributed by atoms with Crippen LogP contribution in [0, 0.1) is 0 Å². The Morgan fingerprint density at radius 2 is 1.75 bits per heavy atom. The Bertz CT molecular complexity index is 585. The van der Waals surface area contributed by atoms with Gasteiger partial charge in [-0.2, -0.15) is 4.98 Å². The molecular weight excluding hydrogens is 280 g/mol. The fraction of sp³-hybridized carbons (Fsp3) is 0.231. The fourth-order valence-electron chi connectivity index (χ4n) is 1.61. The standard InChI is InChI=1S/C13H15ClN4O2/c1-15-12-11(14)7-16-13(18-12)17-8-4-9(19-2)6-10(5-8)20-3/h4-7H,1-3H3,(H2,15,16,17,18). The lowest BCUT2D eigenvalue weighted by Crippen LogP contribution is -2.01. The molecular formula is C13H15ClN4O2. The predicted molar refractivity (Wildman–Crippen MR) is 79.4 cm³/mol. The molecule has 1 aromatic carbocycles. The van der Waals surface area contributed by atoms with Crippen LogP contribution >= 0.6 is 11.6 Å². The third kappa shape index (κ3) is 3.21. The van der Waals surface area contributed by atoms with Crippen molar-refractivity contribution in [2.45, 2.75) is 0 Å². The number of aromatic nitrogens is 2. The minimum Gasteiger partial charge on any atom is -0.497 e. The maximum atomic E-state index is 5.94. The average molecular weight is 295 g/mol. The van der Waals surface area contributed by atoms with Crippen molar-refractivity contribution in [1.29, 1.82) is 0 Å². The van der Waals surface area contributed by atoms with Gasteiger partial charge in [0.2, 0.25) is 5.95 Å². The van der Waals surface area contributed by atoms with Gasteiger partial charge in [0.25, 0.3) is 0 Å². The Morgan fingerprint density at radius 1 is 1.10 bits per heavy atom. The van der Waals surface area contributed by atoms with E-state index in [4.69, 9.17) is 21.1 Å². The van der Waals surface area contributed by atoms with Crippen molar-refractivity contribution in [2.24, 2.45) is 0 Å². The van der Waals surface area contributed by atoms with Gasteiger partial charge in [-0.1, -0.05) is 11.6 Å². The van der Waals surface area contributed by atoms with E-state index in [0.29, 0.717) is 28.3 Å². The van der Waals surface area contributed by atoms with Gasteiger partial charge in [-0.25, -0.2) is 4.98 Å². The summed E-state index contributed by atoms with van der Waals surface area (Å²) < 4.78 is 10.4. The maximum Gasteiger partial charge on any atom is 0.229 e. The average Bonchev–Trinajstić information content (AvgIpc) is 2.48. The summed E-state index contributed by atoms with van der Waals surface area (Å²) in [5.74, 6) is 2.33. The Balaban J connectivity index is 2.29. The molecule has 0 amide bonds. The molecule has 0 atom stereocenters. The molecule has 20 heavy (non-hydrogen) atoms. The van der Waals surface area contributed by atoms with Crippen LogP contribution in [0.5, 0.6) is 11.5 Å². The Kier molecular flexibility index (Phi) is 4.47. The third-order valence-corrected chi connectivity index (χ3v) is 2.87. The van der Waals surface area contributed by atoms with Gasteiger partial charge >= 0.3 is 0 Å². The van der Waals surface area contributed by atoms with Gasteiger partial charge in [-0.15, -0.1) is 0 Å². The van der Waals surface area contributed by atoms with Crippen LogP contribution in [0.25, 0.3) is 0 Å². The van der Waals surface area contributed by atoms with E-state index in [1.807, 2.05) is 12.1 Å². The lowest BCUT2D eigenvalue weighted by Gasteiger charge is -2.10. The number of benzene rings is 1. The molecule has 0 spiro atoms. The lowest BCUT2D eigenvalue weighted by atomic mass is 10.3. The summed E-state index contributed by atoms with van der Waals surface area (Å²) in [5.41, 5.74) is 0.755. The number of ether oxygens (including phenoxy) is 2. The number of anilines is 3. The van der Waals surface area contributed by atoms with Crippen LogP contribution in [0.1, 0.15) is 0 Å². The van der Waals surface area contributed by atoms with E-state index in [1.54, 1.807) is 27.3 Å². The van der Waals surface area contributed by atoms with E-state index in [1.165, 1.54) is 6.20 Å². The molecule has 106 valence electrons. The lowest BCUT2D eigenvalue weighted by molar-refractivity contribution is 0.395. The second-order valence-electron chi connectivity index (χ2n) is 3.87. The Hall–Kier alpha value is -2.21. The summed E-state index contributed by atoms with van der Waals surface area (Å²) in [6.07, 6.45) is 1.53. The van der Waals surface area contributed by atoms with Gasteiger partial charge in [0.1, 0.15) is 22.3 Å².